The lowest BCUT2D eigenvalue weighted by atomic mass is 10.3. The Morgan fingerprint density at radius 2 is 2.25 bits per heavy atom. The summed E-state index contributed by atoms with van der Waals surface area (Å²) < 4.78 is 0. The van der Waals surface area contributed by atoms with Gasteiger partial charge in [0.1, 0.15) is 0 Å². The smallest absolute Gasteiger partial charge is 0.0960 e. The molecule has 0 N–H and O–H groups in total. The normalized spacial score (nSPS) is 12.2. The minimum absolute atomic E-state index is 0.565. The molecule has 1 aromatic rings. The summed E-state index contributed by atoms with van der Waals surface area (Å²) in [7, 11) is 0. The fourth-order valence-corrected chi connectivity index (χ4v) is 1.87. The van der Waals surface area contributed by atoms with Crippen molar-refractivity contribution in [3.05, 3.63) is 27.5 Å². The van der Waals surface area contributed by atoms with Crippen molar-refractivity contribution in [1.29, 1.82) is 5.26 Å². The summed E-state index contributed by atoms with van der Waals surface area (Å²) in [6.45, 7) is 3.73. The Kier molecular flexibility index (Phi) is 2.91. The highest BCUT2D eigenvalue weighted by atomic mass is 35.5. The Morgan fingerprint density at radius 1 is 1.58 bits per heavy atom. The van der Waals surface area contributed by atoms with Gasteiger partial charge in [0.25, 0.3) is 0 Å². The van der Waals surface area contributed by atoms with Gasteiger partial charge in [0, 0.05) is 15.3 Å². The molecule has 1 aromatic heterocycles. The van der Waals surface area contributed by atoms with Crippen LogP contribution in [0, 0.1) is 18.3 Å². The van der Waals surface area contributed by atoms with E-state index in [0.717, 1.165) is 4.88 Å². The minimum Gasteiger partial charge on any atom is -0.193 e. The molecular weight excluding hydrogens is 190 g/mol. The van der Waals surface area contributed by atoms with Gasteiger partial charge in [-0.1, -0.05) is 11.6 Å². The van der Waals surface area contributed by atoms with Crippen LogP contribution in [-0.4, -0.2) is 0 Å². The van der Waals surface area contributed by atoms with E-state index in [1.165, 1.54) is 4.88 Å². The lowest BCUT2D eigenvalue weighted by Gasteiger charge is -1.93. The van der Waals surface area contributed by atoms with Gasteiger partial charge < -0.3 is 0 Å². The van der Waals surface area contributed by atoms with Gasteiger partial charge in [0.2, 0.25) is 0 Å². The van der Waals surface area contributed by atoms with Crippen molar-refractivity contribution in [1.82, 2.24) is 0 Å². The first-order chi connectivity index (χ1) is 5.65. The van der Waals surface area contributed by atoms with Gasteiger partial charge >= 0.3 is 0 Å². The van der Waals surface area contributed by atoms with Crippen molar-refractivity contribution in [3.8, 4) is 6.07 Å². The molecule has 0 bridgehead atoms. The summed E-state index contributed by atoms with van der Waals surface area (Å²) in [6, 6.07) is 5.95. The monoisotopic (exact) mass is 197 g/mol. The van der Waals surface area contributed by atoms with Gasteiger partial charge in [-0.3, -0.25) is 0 Å². The summed E-state index contributed by atoms with van der Waals surface area (Å²) in [5.41, 5.74) is 0.568. The number of rotatable bonds is 1. The average molecular weight is 198 g/mol. The quantitative estimate of drug-likeness (QED) is 0.632. The Hall–Kier alpha value is -0.780. The Morgan fingerprint density at radius 3 is 2.67 bits per heavy atom. The predicted octanol–water partition coefficient (Wildman–Crippen LogP) is 3.55. The third-order valence-corrected chi connectivity index (χ3v) is 3.07. The zero-order valence-corrected chi connectivity index (χ0v) is 8.46. The maximum Gasteiger partial charge on any atom is 0.0960 e. The topological polar surface area (TPSA) is 23.8 Å². The number of hydrogen-bond acceptors (Lipinski definition) is 2. The molecule has 0 saturated heterocycles. The van der Waals surface area contributed by atoms with E-state index in [4.69, 9.17) is 16.9 Å². The molecule has 12 heavy (non-hydrogen) atoms. The highest BCUT2D eigenvalue weighted by molar-refractivity contribution is 7.13. The molecule has 0 aliphatic carbocycles. The van der Waals surface area contributed by atoms with Gasteiger partial charge in [-0.05, 0) is 26.0 Å². The van der Waals surface area contributed by atoms with Crippen LogP contribution >= 0.6 is 22.9 Å². The molecule has 0 saturated carbocycles. The van der Waals surface area contributed by atoms with Gasteiger partial charge in [-0.2, -0.15) is 5.26 Å². The van der Waals surface area contributed by atoms with Crippen LogP contribution in [0.4, 0.5) is 0 Å². The summed E-state index contributed by atoms with van der Waals surface area (Å²) in [4.78, 5) is 2.17. The second kappa shape index (κ2) is 3.75. The van der Waals surface area contributed by atoms with Gasteiger partial charge in [-0.25, -0.2) is 0 Å². The average Bonchev–Trinajstić information content (AvgIpc) is 2.49. The first-order valence-electron chi connectivity index (χ1n) is 3.48. The molecule has 0 aromatic carbocycles. The summed E-state index contributed by atoms with van der Waals surface area (Å²) in [5.74, 6) is 0. The number of allylic oxidation sites excluding steroid dienone is 1. The van der Waals surface area contributed by atoms with Crippen LogP contribution in [0.15, 0.2) is 17.7 Å². The molecule has 1 nitrogen and oxygen atoms in total. The molecule has 0 radical (unpaired) electrons. The Balaban J connectivity index is 3.09. The van der Waals surface area contributed by atoms with E-state index in [0.29, 0.717) is 10.6 Å². The van der Waals surface area contributed by atoms with E-state index >= 15 is 0 Å². The first kappa shape index (κ1) is 9.31. The van der Waals surface area contributed by atoms with E-state index in [2.05, 4.69) is 0 Å². The maximum absolute atomic E-state index is 8.59. The zero-order chi connectivity index (χ0) is 9.14. The SMILES string of the molecule is CC(C#N)=C(Cl)c1ccc(C)s1. The van der Waals surface area contributed by atoms with E-state index in [9.17, 15) is 0 Å². The third-order valence-electron chi connectivity index (χ3n) is 1.45. The lowest BCUT2D eigenvalue weighted by molar-refractivity contribution is 1.46. The van der Waals surface area contributed by atoms with E-state index in [1.54, 1.807) is 18.3 Å². The van der Waals surface area contributed by atoms with Crippen LogP contribution in [-0.2, 0) is 0 Å². The number of thiophene rings is 1. The Labute approximate surface area is 80.9 Å². The molecule has 62 valence electrons. The van der Waals surface area contributed by atoms with Crippen LogP contribution in [0.1, 0.15) is 16.7 Å². The first-order valence-corrected chi connectivity index (χ1v) is 4.68. The highest BCUT2D eigenvalue weighted by Gasteiger charge is 2.04. The molecule has 0 unspecified atom stereocenters. The molecule has 0 aliphatic heterocycles. The van der Waals surface area contributed by atoms with Crippen molar-refractivity contribution < 1.29 is 0 Å². The number of aryl methyl sites for hydroxylation is 1. The fourth-order valence-electron chi connectivity index (χ4n) is 0.786. The highest BCUT2D eigenvalue weighted by Crippen LogP contribution is 2.28. The van der Waals surface area contributed by atoms with Crippen molar-refractivity contribution >= 4 is 28.0 Å². The van der Waals surface area contributed by atoms with Crippen molar-refractivity contribution in [2.75, 3.05) is 0 Å². The largest absolute Gasteiger partial charge is 0.193 e. The van der Waals surface area contributed by atoms with Gasteiger partial charge in [-0.15, -0.1) is 11.3 Å². The third kappa shape index (κ3) is 1.88. The molecule has 0 aliphatic rings. The number of halogens is 1. The summed E-state index contributed by atoms with van der Waals surface area (Å²) in [5, 5.41) is 9.15. The van der Waals surface area contributed by atoms with Crippen LogP contribution in [0.25, 0.3) is 5.03 Å². The second-order valence-corrected chi connectivity index (χ2v) is 4.13. The van der Waals surface area contributed by atoms with Gasteiger partial charge in [0.15, 0.2) is 0 Å². The number of nitrogens with zero attached hydrogens (tertiary/aromatic N) is 1. The van der Waals surface area contributed by atoms with Crippen LogP contribution in [0.2, 0.25) is 0 Å². The molecular formula is C9H8ClNS. The summed E-state index contributed by atoms with van der Waals surface area (Å²) >= 11 is 7.54. The molecule has 1 heterocycles. The van der Waals surface area contributed by atoms with Crippen molar-refractivity contribution in [2.45, 2.75) is 13.8 Å². The Bertz CT molecular complexity index is 357. The van der Waals surface area contributed by atoms with Crippen LogP contribution in [0.5, 0.6) is 0 Å². The molecule has 0 spiro atoms. The fraction of sp³-hybridized carbons (Fsp3) is 0.222. The van der Waals surface area contributed by atoms with E-state index in [1.807, 2.05) is 25.1 Å². The molecule has 3 heteroatoms. The van der Waals surface area contributed by atoms with Gasteiger partial charge in [0.05, 0.1) is 11.1 Å². The number of nitriles is 1. The number of hydrogen-bond donors (Lipinski definition) is 0. The maximum atomic E-state index is 8.59. The standard InChI is InChI=1S/C9H8ClNS/c1-6(5-11)9(10)8-4-3-7(2)12-8/h3-4H,1-2H3. The minimum atomic E-state index is 0.565. The molecule has 0 amide bonds. The molecule has 0 atom stereocenters. The van der Waals surface area contributed by atoms with Crippen LogP contribution < -0.4 is 0 Å². The van der Waals surface area contributed by atoms with Crippen molar-refractivity contribution in [2.24, 2.45) is 0 Å². The second-order valence-electron chi connectivity index (χ2n) is 2.46. The zero-order valence-electron chi connectivity index (χ0n) is 6.89. The van der Waals surface area contributed by atoms with E-state index < -0.39 is 0 Å². The molecule has 1 rings (SSSR count). The predicted molar refractivity (Wildman–Crippen MR) is 53.1 cm³/mol. The lowest BCUT2D eigenvalue weighted by Crippen LogP contribution is -1.73. The summed E-state index contributed by atoms with van der Waals surface area (Å²) in [6.07, 6.45) is 0. The van der Waals surface area contributed by atoms with Crippen LogP contribution in [0.3, 0.4) is 0 Å². The van der Waals surface area contributed by atoms with Crippen molar-refractivity contribution in [3.63, 3.8) is 0 Å². The molecule has 0 fully saturated rings. The van der Waals surface area contributed by atoms with E-state index in [-0.39, 0.29) is 0 Å².